The zero-order valence-corrected chi connectivity index (χ0v) is 20.6. The van der Waals surface area contributed by atoms with E-state index in [1.54, 1.807) is 30.3 Å². The molecule has 11 heteroatoms. The van der Waals surface area contributed by atoms with Crippen LogP contribution in [0.4, 0.5) is 8.78 Å². The molecule has 1 N–H and O–H groups in total. The minimum Gasteiger partial charge on any atom is -0.493 e. The third-order valence-corrected chi connectivity index (χ3v) is 5.92. The molecule has 1 atom stereocenters. The summed E-state index contributed by atoms with van der Waals surface area (Å²) in [7, 11) is 1.44. The highest BCUT2D eigenvalue weighted by atomic mass is 19.1. The molecule has 0 saturated carbocycles. The quantitative estimate of drug-likeness (QED) is 0.258. The first kappa shape index (κ1) is 25.7. The number of carbonyl (C=O) groups excluding carboxylic acids is 1. The van der Waals surface area contributed by atoms with E-state index in [-0.39, 0.29) is 29.5 Å². The van der Waals surface area contributed by atoms with Gasteiger partial charge in [-0.3, -0.25) is 0 Å². The van der Waals surface area contributed by atoms with E-state index >= 15 is 0 Å². The molecule has 4 aromatic rings. The summed E-state index contributed by atoms with van der Waals surface area (Å²) in [6.07, 6.45) is 4.14. The van der Waals surface area contributed by atoms with E-state index in [1.165, 1.54) is 30.5 Å². The van der Waals surface area contributed by atoms with Gasteiger partial charge < -0.3 is 19.3 Å². The summed E-state index contributed by atoms with van der Waals surface area (Å²) in [6.45, 7) is -0.686. The van der Waals surface area contributed by atoms with Gasteiger partial charge in [-0.05, 0) is 42.0 Å². The first-order valence-corrected chi connectivity index (χ1v) is 11.7. The van der Waals surface area contributed by atoms with Crippen molar-refractivity contribution < 1.29 is 32.9 Å². The second-order valence-electron chi connectivity index (χ2n) is 8.65. The molecule has 1 unspecified atom stereocenters. The highest BCUT2D eigenvalue weighted by molar-refractivity contribution is 6.12. The minimum absolute atomic E-state index is 0.0843. The predicted octanol–water partition coefficient (Wildman–Crippen LogP) is 3.88. The van der Waals surface area contributed by atoms with Crippen LogP contribution in [0.2, 0.25) is 0 Å². The number of esters is 1. The Morgan fingerprint density at radius 2 is 1.90 bits per heavy atom. The zero-order chi connectivity index (χ0) is 27.4. The highest BCUT2D eigenvalue weighted by Gasteiger charge is 2.35. The predicted molar refractivity (Wildman–Crippen MR) is 136 cm³/mol. The van der Waals surface area contributed by atoms with Crippen LogP contribution in [0.1, 0.15) is 16.7 Å². The first-order chi connectivity index (χ1) is 18.8. The van der Waals surface area contributed by atoms with Crippen LogP contribution in [0.15, 0.2) is 90.1 Å². The van der Waals surface area contributed by atoms with E-state index in [2.05, 4.69) is 15.1 Å². The number of hydrogen-bond donors (Lipinski definition) is 1. The molecule has 1 aliphatic rings. The second-order valence-corrected chi connectivity index (χ2v) is 8.65. The van der Waals surface area contributed by atoms with Gasteiger partial charge in [-0.25, -0.2) is 28.2 Å². The van der Waals surface area contributed by atoms with Crippen LogP contribution in [-0.4, -0.2) is 45.5 Å². The van der Waals surface area contributed by atoms with Crippen LogP contribution in [0, 0.1) is 11.6 Å². The molecule has 1 aromatic heterocycles. The van der Waals surface area contributed by atoms with E-state index in [0.29, 0.717) is 22.9 Å². The van der Waals surface area contributed by atoms with E-state index in [1.807, 2.05) is 18.2 Å². The molecular weight excluding hydrogens is 510 g/mol. The van der Waals surface area contributed by atoms with Gasteiger partial charge in [0, 0.05) is 17.2 Å². The third-order valence-electron chi connectivity index (χ3n) is 5.92. The smallest absolute Gasteiger partial charge is 0.363 e. The van der Waals surface area contributed by atoms with Crippen molar-refractivity contribution in [3.63, 3.8) is 0 Å². The van der Waals surface area contributed by atoms with Crippen molar-refractivity contribution in [3.05, 3.63) is 113 Å². The lowest BCUT2D eigenvalue weighted by Gasteiger charge is -2.29. The van der Waals surface area contributed by atoms with Gasteiger partial charge in [0.1, 0.15) is 36.5 Å². The minimum atomic E-state index is -1.96. The van der Waals surface area contributed by atoms with Crippen molar-refractivity contribution in [2.24, 2.45) is 4.99 Å². The summed E-state index contributed by atoms with van der Waals surface area (Å²) in [5.41, 5.74) is -0.875. The number of cyclic esters (lactones) is 1. The van der Waals surface area contributed by atoms with E-state index in [4.69, 9.17) is 14.2 Å². The van der Waals surface area contributed by atoms with Crippen LogP contribution >= 0.6 is 0 Å². The number of aliphatic hydroxyl groups is 1. The summed E-state index contributed by atoms with van der Waals surface area (Å²) in [5.74, 6) is -1.63. The maximum atomic E-state index is 14.7. The van der Waals surface area contributed by atoms with Crippen molar-refractivity contribution in [2.45, 2.75) is 12.1 Å². The third kappa shape index (κ3) is 5.68. The normalized spacial score (nSPS) is 15.5. The highest BCUT2D eigenvalue weighted by Crippen LogP contribution is 2.33. The van der Waals surface area contributed by atoms with Crippen molar-refractivity contribution >= 4 is 17.9 Å². The largest absolute Gasteiger partial charge is 0.493 e. The number of halogens is 2. The Balaban J connectivity index is 1.43. The summed E-state index contributed by atoms with van der Waals surface area (Å²) in [4.78, 5) is 20.6. The van der Waals surface area contributed by atoms with Gasteiger partial charge in [-0.15, -0.1) is 0 Å². The number of benzene rings is 3. The van der Waals surface area contributed by atoms with Gasteiger partial charge in [0.25, 0.3) is 0 Å². The Labute approximate surface area is 221 Å². The number of hydrogen-bond acceptors (Lipinski definition) is 8. The molecule has 0 aliphatic carbocycles. The lowest BCUT2D eigenvalue weighted by Crippen LogP contribution is -2.39. The molecule has 0 fully saturated rings. The summed E-state index contributed by atoms with van der Waals surface area (Å²) in [5, 5.41) is 15.5. The summed E-state index contributed by atoms with van der Waals surface area (Å²) >= 11 is 0. The molecule has 0 radical (unpaired) electrons. The Hall–Kier alpha value is -4.90. The number of carbonyl (C=O) groups is 1. The molecule has 9 nitrogen and oxygen atoms in total. The van der Waals surface area contributed by atoms with Crippen LogP contribution in [0.25, 0.3) is 6.08 Å². The Kier molecular flexibility index (Phi) is 7.15. The van der Waals surface area contributed by atoms with Crippen LogP contribution in [0.5, 0.6) is 11.5 Å². The average molecular weight is 533 g/mol. The molecule has 0 amide bonds. The van der Waals surface area contributed by atoms with Crippen molar-refractivity contribution in [3.8, 4) is 11.5 Å². The first-order valence-electron chi connectivity index (χ1n) is 11.7. The SMILES string of the molecule is COc1ccc(/C=C2\N=C(c3ccccc3)OC2=O)cc1OCC(O)(Cn1cncn1)c1ccc(F)cc1F. The second kappa shape index (κ2) is 10.8. The van der Waals surface area contributed by atoms with Gasteiger partial charge in [-0.2, -0.15) is 5.10 Å². The van der Waals surface area contributed by atoms with Crippen LogP contribution < -0.4 is 9.47 Å². The fourth-order valence-corrected chi connectivity index (χ4v) is 4.02. The van der Waals surface area contributed by atoms with Crippen LogP contribution in [-0.2, 0) is 21.7 Å². The van der Waals surface area contributed by atoms with Gasteiger partial charge in [0.15, 0.2) is 17.2 Å². The Bertz CT molecular complexity index is 1560. The lowest BCUT2D eigenvalue weighted by atomic mass is 9.94. The molecule has 39 heavy (non-hydrogen) atoms. The Morgan fingerprint density at radius 3 is 2.62 bits per heavy atom. The summed E-state index contributed by atoms with van der Waals surface area (Å²) < 4.78 is 46.2. The maximum Gasteiger partial charge on any atom is 0.363 e. The number of aromatic nitrogens is 3. The maximum absolute atomic E-state index is 14.7. The molecule has 5 rings (SSSR count). The number of aliphatic imine (C=N–C) groups is 1. The topological polar surface area (TPSA) is 108 Å². The summed E-state index contributed by atoms with van der Waals surface area (Å²) in [6, 6.07) is 16.8. The molecular formula is C28H22F2N4O5. The van der Waals surface area contributed by atoms with Crippen LogP contribution in [0.3, 0.4) is 0 Å². The van der Waals surface area contributed by atoms with E-state index in [0.717, 1.165) is 12.1 Å². The standard InChI is InChI=1S/C28H22F2N4O5/c1-37-24-10-7-18(11-23-27(35)39-26(33-23)19-5-3-2-4-6-19)12-25(24)38-15-28(36,14-34-17-31-16-32-34)21-9-8-20(29)13-22(21)30/h2-13,16-17,36H,14-15H2,1H3/b23-11-. The molecule has 2 heterocycles. The van der Waals surface area contributed by atoms with Gasteiger partial charge in [0.2, 0.25) is 5.90 Å². The van der Waals surface area contributed by atoms with Gasteiger partial charge >= 0.3 is 5.97 Å². The van der Waals surface area contributed by atoms with Gasteiger partial charge in [-0.1, -0.05) is 30.3 Å². The zero-order valence-electron chi connectivity index (χ0n) is 20.6. The fourth-order valence-electron chi connectivity index (χ4n) is 4.02. The van der Waals surface area contributed by atoms with Gasteiger partial charge in [0.05, 0.1) is 13.7 Å². The molecule has 0 saturated heterocycles. The number of ether oxygens (including phenoxy) is 3. The Morgan fingerprint density at radius 1 is 1.08 bits per heavy atom. The van der Waals surface area contributed by atoms with Crippen molar-refractivity contribution in [2.75, 3.05) is 13.7 Å². The molecule has 1 aliphatic heterocycles. The fraction of sp³-hybridized carbons (Fsp3) is 0.143. The van der Waals surface area contributed by atoms with E-state index < -0.39 is 29.8 Å². The van der Waals surface area contributed by atoms with Crippen molar-refractivity contribution in [1.29, 1.82) is 0 Å². The number of methoxy groups -OCH3 is 1. The monoisotopic (exact) mass is 532 g/mol. The molecule has 198 valence electrons. The number of nitrogens with zero attached hydrogens (tertiary/aromatic N) is 4. The molecule has 0 spiro atoms. The molecule has 3 aromatic carbocycles. The van der Waals surface area contributed by atoms with E-state index in [9.17, 15) is 18.7 Å². The number of rotatable bonds is 9. The van der Waals surface area contributed by atoms with Crippen molar-refractivity contribution in [1.82, 2.24) is 14.8 Å². The lowest BCUT2D eigenvalue weighted by molar-refractivity contribution is -0.129. The molecule has 0 bridgehead atoms. The average Bonchev–Trinajstić information content (AvgIpc) is 3.57.